The fourth-order valence-corrected chi connectivity index (χ4v) is 3.02. The second-order valence-electron chi connectivity index (χ2n) is 4.72. The highest BCUT2D eigenvalue weighted by Crippen LogP contribution is 2.26. The summed E-state index contributed by atoms with van der Waals surface area (Å²) >= 11 is 1.93. The first-order valence-electron chi connectivity index (χ1n) is 6.56. The summed E-state index contributed by atoms with van der Waals surface area (Å²) < 4.78 is 0. The molecule has 1 amide bonds. The van der Waals surface area contributed by atoms with Crippen LogP contribution in [0.15, 0.2) is 12.4 Å². The van der Waals surface area contributed by atoms with Gasteiger partial charge in [-0.2, -0.15) is 11.8 Å². The lowest BCUT2D eigenvalue weighted by Gasteiger charge is -2.27. The number of aromatic nitrogens is 2. The molecule has 0 aromatic carbocycles. The molecule has 1 aliphatic rings. The molecule has 1 aliphatic carbocycles. The van der Waals surface area contributed by atoms with Crippen LogP contribution >= 0.6 is 11.8 Å². The van der Waals surface area contributed by atoms with E-state index >= 15 is 0 Å². The van der Waals surface area contributed by atoms with Gasteiger partial charge in [-0.1, -0.05) is 0 Å². The van der Waals surface area contributed by atoms with Crippen molar-refractivity contribution in [2.45, 2.75) is 37.0 Å². The molecule has 1 heterocycles. The predicted octanol–water partition coefficient (Wildman–Crippen LogP) is 1.92. The Balaban J connectivity index is 1.87. The third kappa shape index (κ3) is 3.83. The molecule has 2 rings (SSSR count). The molecule has 1 saturated carbocycles. The van der Waals surface area contributed by atoms with Crippen molar-refractivity contribution in [2.24, 2.45) is 0 Å². The van der Waals surface area contributed by atoms with Crippen molar-refractivity contribution in [2.75, 3.05) is 18.6 Å². The largest absolute Gasteiger partial charge is 0.372 e. The van der Waals surface area contributed by atoms with E-state index in [2.05, 4.69) is 26.9 Å². The predicted molar refractivity (Wildman–Crippen MR) is 78.6 cm³/mol. The molecule has 1 aromatic heterocycles. The first kappa shape index (κ1) is 14.1. The summed E-state index contributed by atoms with van der Waals surface area (Å²) in [6.07, 6.45) is 9.70. The van der Waals surface area contributed by atoms with Crippen molar-refractivity contribution in [3.05, 3.63) is 18.1 Å². The Morgan fingerprint density at radius 3 is 2.53 bits per heavy atom. The summed E-state index contributed by atoms with van der Waals surface area (Å²) in [5.41, 5.74) is 0.381. The van der Waals surface area contributed by atoms with Crippen molar-refractivity contribution in [3.63, 3.8) is 0 Å². The number of anilines is 1. The van der Waals surface area contributed by atoms with Gasteiger partial charge in [0.25, 0.3) is 5.91 Å². The Bertz CT molecular complexity index is 415. The first-order valence-corrected chi connectivity index (χ1v) is 7.85. The molecule has 2 N–H and O–H groups in total. The van der Waals surface area contributed by atoms with E-state index in [4.69, 9.17) is 0 Å². The van der Waals surface area contributed by atoms with Crippen molar-refractivity contribution in [3.8, 4) is 0 Å². The van der Waals surface area contributed by atoms with Crippen molar-refractivity contribution >= 4 is 23.5 Å². The topological polar surface area (TPSA) is 66.9 Å². The minimum Gasteiger partial charge on any atom is -0.372 e. The number of carbonyl (C=O) groups excluding carboxylic acids is 1. The second kappa shape index (κ2) is 6.75. The highest BCUT2D eigenvalue weighted by Gasteiger charge is 2.22. The second-order valence-corrected chi connectivity index (χ2v) is 5.86. The van der Waals surface area contributed by atoms with Crippen LogP contribution in [-0.4, -0.2) is 40.5 Å². The summed E-state index contributed by atoms with van der Waals surface area (Å²) in [7, 11) is 1.77. The van der Waals surface area contributed by atoms with Crippen LogP contribution < -0.4 is 10.6 Å². The molecular weight excluding hydrogens is 260 g/mol. The van der Waals surface area contributed by atoms with Gasteiger partial charge in [-0.3, -0.25) is 4.79 Å². The van der Waals surface area contributed by atoms with E-state index in [1.54, 1.807) is 13.2 Å². The van der Waals surface area contributed by atoms with Crippen LogP contribution in [-0.2, 0) is 0 Å². The number of thioether (sulfide) groups is 1. The number of nitrogens with one attached hydrogen (secondary N) is 2. The van der Waals surface area contributed by atoms with Gasteiger partial charge >= 0.3 is 0 Å². The lowest BCUT2D eigenvalue weighted by molar-refractivity contribution is 0.0922. The van der Waals surface area contributed by atoms with Gasteiger partial charge in [-0.15, -0.1) is 0 Å². The Labute approximate surface area is 118 Å². The zero-order valence-electron chi connectivity index (χ0n) is 11.3. The Morgan fingerprint density at radius 1 is 1.26 bits per heavy atom. The standard InChI is InChI=1S/C13H20N4OS/c1-14-12-8-15-11(7-16-12)13(18)17-9-3-5-10(19-2)6-4-9/h7-10H,3-6H2,1-2H3,(H,14,16)(H,17,18). The maximum Gasteiger partial charge on any atom is 0.271 e. The molecule has 0 bridgehead atoms. The maximum atomic E-state index is 12.0. The van der Waals surface area contributed by atoms with Gasteiger partial charge in [0.2, 0.25) is 0 Å². The lowest BCUT2D eigenvalue weighted by Crippen LogP contribution is -2.38. The highest BCUT2D eigenvalue weighted by molar-refractivity contribution is 7.99. The average Bonchev–Trinajstić information content (AvgIpc) is 2.48. The van der Waals surface area contributed by atoms with Crippen LogP contribution in [0.3, 0.4) is 0 Å². The Morgan fingerprint density at radius 2 is 2.00 bits per heavy atom. The number of nitrogens with zero attached hydrogens (tertiary/aromatic N) is 2. The molecule has 0 radical (unpaired) electrons. The summed E-state index contributed by atoms with van der Waals surface area (Å²) in [6.45, 7) is 0. The first-order chi connectivity index (χ1) is 9.22. The van der Waals surface area contributed by atoms with Gasteiger partial charge in [0, 0.05) is 18.3 Å². The normalized spacial score (nSPS) is 22.8. The number of carbonyl (C=O) groups is 1. The maximum absolute atomic E-state index is 12.0. The number of hydrogen-bond donors (Lipinski definition) is 2. The third-order valence-corrected chi connectivity index (χ3v) is 4.62. The SMILES string of the molecule is CNc1cnc(C(=O)NC2CCC(SC)CC2)cn1. The summed E-state index contributed by atoms with van der Waals surface area (Å²) in [5, 5.41) is 6.68. The van der Waals surface area contributed by atoms with E-state index < -0.39 is 0 Å². The Hall–Kier alpha value is -1.30. The lowest BCUT2D eigenvalue weighted by atomic mass is 9.95. The van der Waals surface area contributed by atoms with Crippen LogP contribution in [0.4, 0.5) is 5.82 Å². The summed E-state index contributed by atoms with van der Waals surface area (Å²) in [5.74, 6) is 0.541. The quantitative estimate of drug-likeness (QED) is 0.882. The van der Waals surface area contributed by atoms with Gasteiger partial charge in [0.1, 0.15) is 11.5 Å². The smallest absolute Gasteiger partial charge is 0.271 e. The number of amides is 1. The highest BCUT2D eigenvalue weighted by atomic mass is 32.2. The monoisotopic (exact) mass is 280 g/mol. The zero-order chi connectivity index (χ0) is 13.7. The van der Waals surface area contributed by atoms with Gasteiger partial charge in [0.15, 0.2) is 0 Å². The minimum atomic E-state index is -0.122. The summed E-state index contributed by atoms with van der Waals surface area (Å²) in [4.78, 5) is 20.2. The molecular formula is C13H20N4OS. The summed E-state index contributed by atoms with van der Waals surface area (Å²) in [6, 6.07) is 0.279. The molecule has 19 heavy (non-hydrogen) atoms. The van der Waals surface area contributed by atoms with Crippen molar-refractivity contribution in [1.82, 2.24) is 15.3 Å². The molecule has 0 atom stereocenters. The number of rotatable bonds is 4. The number of hydrogen-bond acceptors (Lipinski definition) is 5. The zero-order valence-corrected chi connectivity index (χ0v) is 12.2. The minimum absolute atomic E-state index is 0.122. The van der Waals surface area contributed by atoms with E-state index in [0.29, 0.717) is 11.5 Å². The molecule has 1 aromatic rings. The van der Waals surface area contributed by atoms with Gasteiger partial charge in [0.05, 0.1) is 12.4 Å². The molecule has 6 heteroatoms. The molecule has 5 nitrogen and oxygen atoms in total. The van der Waals surface area contributed by atoms with Crippen LogP contribution in [0.1, 0.15) is 36.2 Å². The van der Waals surface area contributed by atoms with Crippen LogP contribution in [0.2, 0.25) is 0 Å². The van der Waals surface area contributed by atoms with Gasteiger partial charge in [-0.05, 0) is 31.9 Å². The molecule has 0 spiro atoms. The third-order valence-electron chi connectivity index (χ3n) is 3.48. The van der Waals surface area contributed by atoms with Crippen LogP contribution in [0.25, 0.3) is 0 Å². The molecule has 0 unspecified atom stereocenters. The van der Waals surface area contributed by atoms with E-state index in [1.807, 2.05) is 11.8 Å². The van der Waals surface area contributed by atoms with E-state index in [-0.39, 0.29) is 11.9 Å². The molecule has 0 saturated heterocycles. The van der Waals surface area contributed by atoms with Gasteiger partial charge < -0.3 is 10.6 Å². The van der Waals surface area contributed by atoms with Crippen LogP contribution in [0.5, 0.6) is 0 Å². The fourth-order valence-electron chi connectivity index (χ4n) is 2.28. The molecule has 1 fully saturated rings. The Kier molecular flexibility index (Phi) is 5.01. The van der Waals surface area contributed by atoms with E-state index in [0.717, 1.165) is 18.1 Å². The average molecular weight is 280 g/mol. The van der Waals surface area contributed by atoms with Gasteiger partial charge in [-0.25, -0.2) is 9.97 Å². The molecule has 0 aliphatic heterocycles. The van der Waals surface area contributed by atoms with E-state index in [9.17, 15) is 4.79 Å². The fraction of sp³-hybridized carbons (Fsp3) is 0.615. The van der Waals surface area contributed by atoms with E-state index in [1.165, 1.54) is 19.0 Å². The van der Waals surface area contributed by atoms with Crippen molar-refractivity contribution < 1.29 is 4.79 Å². The van der Waals surface area contributed by atoms with Crippen LogP contribution in [0, 0.1) is 0 Å². The van der Waals surface area contributed by atoms with Crippen molar-refractivity contribution in [1.29, 1.82) is 0 Å². The molecule has 104 valence electrons.